The number of amides is 1. The van der Waals surface area contributed by atoms with E-state index in [4.69, 9.17) is 0 Å². The van der Waals surface area contributed by atoms with E-state index >= 15 is 0 Å². The zero-order chi connectivity index (χ0) is 19.1. The molecule has 1 aliphatic rings. The number of nitrogens with one attached hydrogen (secondary N) is 2. The number of benzene rings is 1. The van der Waals surface area contributed by atoms with Crippen LogP contribution in [0, 0.1) is 26.6 Å². The average Bonchev–Trinajstić information content (AvgIpc) is 2.87. The summed E-state index contributed by atoms with van der Waals surface area (Å²) < 4.78 is 14.2. The Kier molecular flexibility index (Phi) is 4.34. The van der Waals surface area contributed by atoms with E-state index in [-0.39, 0.29) is 11.7 Å². The molecule has 0 unspecified atom stereocenters. The van der Waals surface area contributed by atoms with E-state index in [0.29, 0.717) is 23.6 Å². The molecule has 1 aliphatic heterocycles. The summed E-state index contributed by atoms with van der Waals surface area (Å²) in [6.45, 7) is 7.77. The number of H-pyrrole nitrogens is 1. The fourth-order valence-electron chi connectivity index (χ4n) is 3.43. The predicted octanol–water partition coefficient (Wildman–Crippen LogP) is 4.09. The zero-order valence-corrected chi connectivity index (χ0v) is 15.8. The van der Waals surface area contributed by atoms with E-state index in [9.17, 15) is 9.18 Å². The lowest BCUT2D eigenvalue weighted by Gasteiger charge is -2.30. The second-order valence-corrected chi connectivity index (χ2v) is 7.19. The third kappa shape index (κ3) is 3.05. The van der Waals surface area contributed by atoms with Crippen LogP contribution in [0.1, 0.15) is 39.3 Å². The first-order chi connectivity index (χ1) is 13.0. The molecule has 2 aromatic heterocycles. The lowest BCUT2D eigenvalue weighted by atomic mass is 10.1. The van der Waals surface area contributed by atoms with Gasteiger partial charge < -0.3 is 15.2 Å². The molecule has 6 heteroatoms. The molecule has 2 N–H and O–H groups in total. The summed E-state index contributed by atoms with van der Waals surface area (Å²) >= 11 is 0. The maximum Gasteiger partial charge on any atom is 0.272 e. The third-order valence-electron chi connectivity index (χ3n) is 5.45. The minimum Gasteiger partial charge on any atom is -0.364 e. The zero-order valence-electron chi connectivity index (χ0n) is 15.8. The summed E-state index contributed by atoms with van der Waals surface area (Å²) in [6, 6.07) is 6.90. The van der Waals surface area contributed by atoms with Crippen LogP contribution in [-0.2, 0) is 6.54 Å². The van der Waals surface area contributed by atoms with Crippen LogP contribution in [0.15, 0.2) is 24.3 Å². The smallest absolute Gasteiger partial charge is 0.272 e. The Morgan fingerprint density at radius 3 is 2.74 bits per heavy atom. The number of fused-ring (bicyclic) bond motifs is 1. The fourth-order valence-corrected chi connectivity index (χ4v) is 3.43. The van der Waals surface area contributed by atoms with E-state index in [1.54, 1.807) is 11.0 Å². The van der Waals surface area contributed by atoms with Crippen molar-refractivity contribution in [1.82, 2.24) is 14.9 Å². The van der Waals surface area contributed by atoms with Crippen LogP contribution in [0.2, 0.25) is 0 Å². The Labute approximate surface area is 157 Å². The van der Waals surface area contributed by atoms with E-state index < -0.39 is 0 Å². The molecule has 5 nitrogen and oxygen atoms in total. The van der Waals surface area contributed by atoms with Gasteiger partial charge in [-0.3, -0.25) is 4.79 Å². The number of likely N-dealkylation sites (tertiary alicyclic amines) is 1. The van der Waals surface area contributed by atoms with Gasteiger partial charge in [0.15, 0.2) is 5.82 Å². The van der Waals surface area contributed by atoms with Gasteiger partial charge >= 0.3 is 0 Å². The summed E-state index contributed by atoms with van der Waals surface area (Å²) in [5.41, 5.74) is 4.88. The number of carbonyl (C=O) groups is 1. The van der Waals surface area contributed by atoms with Gasteiger partial charge in [-0.1, -0.05) is 12.1 Å². The second-order valence-electron chi connectivity index (χ2n) is 7.19. The molecule has 0 spiro atoms. The molecule has 1 amide bonds. The van der Waals surface area contributed by atoms with Crippen LogP contribution in [0.25, 0.3) is 10.9 Å². The van der Waals surface area contributed by atoms with Crippen LogP contribution in [0.5, 0.6) is 0 Å². The number of aromatic amines is 1. The van der Waals surface area contributed by atoms with Crippen molar-refractivity contribution < 1.29 is 9.18 Å². The Hall–Kier alpha value is -2.89. The van der Waals surface area contributed by atoms with Crippen LogP contribution in [-0.4, -0.2) is 33.9 Å². The van der Waals surface area contributed by atoms with Crippen molar-refractivity contribution in [2.75, 3.05) is 18.4 Å². The highest BCUT2D eigenvalue weighted by atomic mass is 19.1. The summed E-state index contributed by atoms with van der Waals surface area (Å²) in [6.07, 6.45) is 1.04. The number of aryl methyl sites for hydroxylation is 3. The minimum absolute atomic E-state index is 0.0495. The van der Waals surface area contributed by atoms with Gasteiger partial charge in [0.1, 0.15) is 11.5 Å². The molecular weight excluding hydrogens is 343 g/mol. The molecule has 0 saturated carbocycles. The first-order valence-electron chi connectivity index (χ1n) is 9.22. The SMILES string of the molecule is Cc1cccc(F)c1CNc1nc(C(=O)N2CCC2)cc2c(C)c(C)[nH]c12. The van der Waals surface area contributed by atoms with Gasteiger partial charge in [-0.2, -0.15) is 0 Å². The summed E-state index contributed by atoms with van der Waals surface area (Å²) in [7, 11) is 0. The Morgan fingerprint density at radius 2 is 2.07 bits per heavy atom. The molecule has 1 saturated heterocycles. The van der Waals surface area contributed by atoms with Gasteiger partial charge in [0.25, 0.3) is 5.91 Å². The van der Waals surface area contributed by atoms with Gasteiger partial charge in [0, 0.05) is 36.3 Å². The quantitative estimate of drug-likeness (QED) is 0.731. The number of rotatable bonds is 4. The highest BCUT2D eigenvalue weighted by molar-refractivity contribution is 6.00. The van der Waals surface area contributed by atoms with E-state index in [1.165, 1.54) is 6.07 Å². The van der Waals surface area contributed by atoms with Crippen LogP contribution in [0.4, 0.5) is 10.2 Å². The van der Waals surface area contributed by atoms with Crippen molar-refractivity contribution in [2.24, 2.45) is 0 Å². The largest absolute Gasteiger partial charge is 0.364 e. The highest BCUT2D eigenvalue weighted by Crippen LogP contribution is 2.29. The molecule has 0 bridgehead atoms. The maximum absolute atomic E-state index is 14.2. The van der Waals surface area contributed by atoms with Gasteiger partial charge in [0.05, 0.1) is 5.52 Å². The van der Waals surface area contributed by atoms with Crippen LogP contribution < -0.4 is 5.32 Å². The third-order valence-corrected chi connectivity index (χ3v) is 5.45. The lowest BCUT2D eigenvalue weighted by Crippen LogP contribution is -2.42. The normalized spacial score (nSPS) is 13.7. The Balaban J connectivity index is 1.74. The molecule has 1 fully saturated rings. The average molecular weight is 366 g/mol. The second kappa shape index (κ2) is 6.68. The predicted molar refractivity (Wildman–Crippen MR) is 105 cm³/mol. The van der Waals surface area contributed by atoms with Crippen molar-refractivity contribution in [3.05, 3.63) is 58.2 Å². The summed E-state index contributed by atoms with van der Waals surface area (Å²) in [5, 5.41) is 4.21. The molecule has 4 rings (SSSR count). The van der Waals surface area contributed by atoms with E-state index in [2.05, 4.69) is 15.3 Å². The fraction of sp³-hybridized carbons (Fsp3) is 0.333. The van der Waals surface area contributed by atoms with Crippen molar-refractivity contribution in [1.29, 1.82) is 0 Å². The summed E-state index contributed by atoms with van der Waals surface area (Å²) in [4.78, 5) is 22.4. The maximum atomic E-state index is 14.2. The number of hydrogen-bond donors (Lipinski definition) is 2. The van der Waals surface area contributed by atoms with Crippen molar-refractivity contribution in [3.8, 4) is 0 Å². The number of nitrogens with zero attached hydrogens (tertiary/aromatic N) is 2. The molecule has 3 heterocycles. The van der Waals surface area contributed by atoms with Crippen molar-refractivity contribution in [3.63, 3.8) is 0 Å². The number of hydrogen-bond acceptors (Lipinski definition) is 3. The highest BCUT2D eigenvalue weighted by Gasteiger charge is 2.24. The number of aromatic nitrogens is 2. The number of pyridine rings is 1. The first kappa shape index (κ1) is 17.5. The number of carbonyl (C=O) groups excluding carboxylic acids is 1. The molecule has 1 aromatic carbocycles. The molecule has 0 aliphatic carbocycles. The standard InChI is InChI=1S/C21H23FN4O/c1-12-6-4-7-17(22)16(12)11-23-20-19-15(13(2)14(3)24-19)10-18(25-20)21(27)26-8-5-9-26/h4,6-7,10,24H,5,8-9,11H2,1-3H3,(H,23,25). The summed E-state index contributed by atoms with van der Waals surface area (Å²) in [5.74, 6) is 0.284. The molecule has 27 heavy (non-hydrogen) atoms. The van der Waals surface area contributed by atoms with E-state index in [0.717, 1.165) is 47.2 Å². The molecule has 3 aromatic rings. The molecule has 0 radical (unpaired) electrons. The molecule has 140 valence electrons. The monoisotopic (exact) mass is 366 g/mol. The minimum atomic E-state index is -0.245. The van der Waals surface area contributed by atoms with E-state index in [1.807, 2.05) is 32.9 Å². The first-order valence-corrected chi connectivity index (χ1v) is 9.22. The van der Waals surface area contributed by atoms with Gasteiger partial charge in [-0.15, -0.1) is 0 Å². The Bertz CT molecular complexity index is 1020. The van der Waals surface area contributed by atoms with Gasteiger partial charge in [-0.05, 0) is 50.5 Å². The number of anilines is 1. The van der Waals surface area contributed by atoms with Crippen molar-refractivity contribution >= 4 is 22.6 Å². The van der Waals surface area contributed by atoms with Gasteiger partial charge in [-0.25, -0.2) is 9.37 Å². The van der Waals surface area contributed by atoms with Crippen LogP contribution >= 0.6 is 0 Å². The molecular formula is C21H23FN4O. The Morgan fingerprint density at radius 1 is 1.30 bits per heavy atom. The molecule has 0 atom stereocenters. The van der Waals surface area contributed by atoms with Crippen molar-refractivity contribution in [2.45, 2.75) is 33.7 Å². The topological polar surface area (TPSA) is 61.0 Å². The van der Waals surface area contributed by atoms with Crippen LogP contribution in [0.3, 0.4) is 0 Å². The lowest BCUT2D eigenvalue weighted by molar-refractivity contribution is 0.0646. The number of halogens is 1. The van der Waals surface area contributed by atoms with Gasteiger partial charge in [0.2, 0.25) is 0 Å².